The van der Waals surface area contributed by atoms with E-state index in [0.29, 0.717) is 6.54 Å². The van der Waals surface area contributed by atoms with Gasteiger partial charge in [-0.25, -0.2) is 4.79 Å². The number of carbonyl (C=O) groups is 1. The van der Waals surface area contributed by atoms with Crippen LogP contribution < -0.4 is 5.32 Å². The van der Waals surface area contributed by atoms with Crippen LogP contribution in [-0.4, -0.2) is 53.5 Å². The van der Waals surface area contributed by atoms with Crippen LogP contribution in [0.25, 0.3) is 0 Å². The molecule has 2 rings (SSSR count). The van der Waals surface area contributed by atoms with Crippen LogP contribution in [0.3, 0.4) is 0 Å². The van der Waals surface area contributed by atoms with Crippen LogP contribution in [0.1, 0.15) is 31.7 Å². The maximum atomic E-state index is 12.1. The summed E-state index contributed by atoms with van der Waals surface area (Å²) in [6.45, 7) is 7.57. The number of hydrogen-bond acceptors (Lipinski definition) is 3. The zero-order chi connectivity index (χ0) is 14.9. The van der Waals surface area contributed by atoms with Crippen LogP contribution in [0.15, 0.2) is 24.5 Å². The van der Waals surface area contributed by atoms with Gasteiger partial charge < -0.3 is 10.2 Å². The fourth-order valence-electron chi connectivity index (χ4n) is 2.55. The van der Waals surface area contributed by atoms with Crippen LogP contribution in [0, 0.1) is 0 Å². The van der Waals surface area contributed by atoms with Crippen LogP contribution in [-0.2, 0) is 6.54 Å². The number of hydrogen-bond donors (Lipinski definition) is 1. The number of carbonyl (C=O) groups excluding carboxylic acids is 1. The van der Waals surface area contributed by atoms with Crippen LogP contribution in [0.5, 0.6) is 0 Å². The van der Waals surface area contributed by atoms with Gasteiger partial charge in [0.2, 0.25) is 0 Å². The number of piperazine rings is 1. The van der Waals surface area contributed by atoms with Gasteiger partial charge in [0.25, 0.3) is 0 Å². The summed E-state index contributed by atoms with van der Waals surface area (Å²) in [4.78, 5) is 20.5. The third-order valence-corrected chi connectivity index (χ3v) is 3.90. The van der Waals surface area contributed by atoms with Gasteiger partial charge in [0.1, 0.15) is 0 Å². The largest absolute Gasteiger partial charge is 0.334 e. The summed E-state index contributed by atoms with van der Waals surface area (Å²) in [5, 5.41) is 2.96. The molecule has 0 aromatic carbocycles. The van der Waals surface area contributed by atoms with Crippen molar-refractivity contribution >= 4 is 6.03 Å². The van der Waals surface area contributed by atoms with Gasteiger partial charge in [-0.05, 0) is 24.6 Å². The minimum atomic E-state index is 0.0343. The van der Waals surface area contributed by atoms with Crippen molar-refractivity contribution in [1.82, 2.24) is 20.1 Å². The van der Waals surface area contributed by atoms with Gasteiger partial charge in [0.05, 0.1) is 0 Å². The summed E-state index contributed by atoms with van der Waals surface area (Å²) >= 11 is 0. The molecular weight excluding hydrogens is 264 g/mol. The molecule has 0 radical (unpaired) electrons. The second-order valence-corrected chi connectivity index (χ2v) is 5.56. The zero-order valence-electron chi connectivity index (χ0n) is 12.9. The van der Waals surface area contributed by atoms with E-state index in [0.717, 1.165) is 31.7 Å². The van der Waals surface area contributed by atoms with Gasteiger partial charge in [-0.3, -0.25) is 9.88 Å². The van der Waals surface area contributed by atoms with E-state index in [1.54, 1.807) is 12.4 Å². The smallest absolute Gasteiger partial charge is 0.317 e. The van der Waals surface area contributed by atoms with Gasteiger partial charge >= 0.3 is 6.03 Å². The molecule has 0 bridgehead atoms. The fourth-order valence-corrected chi connectivity index (χ4v) is 2.55. The second-order valence-electron chi connectivity index (χ2n) is 5.56. The van der Waals surface area contributed by atoms with Crippen molar-refractivity contribution in [3.05, 3.63) is 30.1 Å². The van der Waals surface area contributed by atoms with Crippen molar-refractivity contribution in [2.75, 3.05) is 32.7 Å². The van der Waals surface area contributed by atoms with Crippen molar-refractivity contribution < 1.29 is 4.79 Å². The van der Waals surface area contributed by atoms with E-state index < -0.39 is 0 Å². The number of unbranched alkanes of at least 4 members (excludes halogenated alkanes) is 2. The van der Waals surface area contributed by atoms with Gasteiger partial charge in [0.15, 0.2) is 0 Å². The lowest BCUT2D eigenvalue weighted by Crippen LogP contribution is -2.51. The maximum Gasteiger partial charge on any atom is 0.317 e. The van der Waals surface area contributed by atoms with Crippen LogP contribution in [0.4, 0.5) is 4.79 Å². The monoisotopic (exact) mass is 290 g/mol. The van der Waals surface area contributed by atoms with E-state index in [9.17, 15) is 4.79 Å². The average molecular weight is 290 g/mol. The Hall–Kier alpha value is -1.62. The molecule has 116 valence electrons. The average Bonchev–Trinajstić information content (AvgIpc) is 2.54. The maximum absolute atomic E-state index is 12.1. The molecular formula is C16H26N4O. The summed E-state index contributed by atoms with van der Waals surface area (Å²) in [6, 6.07) is 3.89. The zero-order valence-corrected chi connectivity index (χ0v) is 12.9. The summed E-state index contributed by atoms with van der Waals surface area (Å²) in [5.41, 5.74) is 1.03. The number of urea groups is 1. The first-order valence-corrected chi connectivity index (χ1v) is 7.93. The Morgan fingerprint density at radius 3 is 2.76 bits per heavy atom. The van der Waals surface area contributed by atoms with Crippen molar-refractivity contribution in [2.45, 2.75) is 32.7 Å². The molecule has 1 fully saturated rings. The number of rotatable bonds is 6. The lowest BCUT2D eigenvalue weighted by Gasteiger charge is -2.34. The second kappa shape index (κ2) is 8.62. The predicted octanol–water partition coefficient (Wildman–Crippen LogP) is 2.10. The summed E-state index contributed by atoms with van der Waals surface area (Å²) < 4.78 is 0. The molecule has 0 unspecified atom stereocenters. The van der Waals surface area contributed by atoms with Crippen LogP contribution in [0.2, 0.25) is 0 Å². The molecule has 2 heterocycles. The Balaban J connectivity index is 1.66. The van der Waals surface area contributed by atoms with E-state index in [1.807, 2.05) is 17.0 Å². The predicted molar refractivity (Wildman–Crippen MR) is 84.0 cm³/mol. The highest BCUT2D eigenvalue weighted by Gasteiger charge is 2.20. The molecule has 1 N–H and O–H groups in total. The molecule has 21 heavy (non-hydrogen) atoms. The molecule has 0 atom stereocenters. The van der Waals surface area contributed by atoms with E-state index >= 15 is 0 Å². The fraction of sp³-hybridized carbons (Fsp3) is 0.625. The molecule has 1 aliphatic heterocycles. The Bertz CT molecular complexity index is 416. The summed E-state index contributed by atoms with van der Waals surface area (Å²) in [6.07, 6.45) is 7.35. The summed E-state index contributed by atoms with van der Waals surface area (Å²) in [5.74, 6) is 0. The first-order chi connectivity index (χ1) is 10.3. The number of nitrogens with one attached hydrogen (secondary N) is 1. The van der Waals surface area contributed by atoms with Crippen molar-refractivity contribution in [1.29, 1.82) is 0 Å². The van der Waals surface area contributed by atoms with E-state index in [-0.39, 0.29) is 6.03 Å². The molecule has 1 aromatic rings. The van der Waals surface area contributed by atoms with Crippen molar-refractivity contribution in [2.24, 2.45) is 0 Å². The number of nitrogens with zero attached hydrogens (tertiary/aromatic N) is 3. The standard InChI is InChI=1S/C16H26N4O/c1-2-3-4-8-19-9-11-20(12-10-19)16(21)18-14-15-6-5-7-17-13-15/h5-7,13H,2-4,8-12,14H2,1H3,(H,18,21). The quantitative estimate of drug-likeness (QED) is 0.816. The Morgan fingerprint density at radius 2 is 2.10 bits per heavy atom. The van der Waals surface area contributed by atoms with E-state index in [1.165, 1.54) is 25.8 Å². The first kappa shape index (κ1) is 15.8. The third kappa shape index (κ3) is 5.34. The Morgan fingerprint density at radius 1 is 1.29 bits per heavy atom. The Labute approximate surface area is 127 Å². The van der Waals surface area contributed by atoms with Crippen molar-refractivity contribution in [3.63, 3.8) is 0 Å². The SMILES string of the molecule is CCCCCN1CCN(C(=O)NCc2cccnc2)CC1. The lowest BCUT2D eigenvalue weighted by atomic mass is 10.2. The van der Waals surface area contributed by atoms with Gasteiger partial charge in [-0.15, -0.1) is 0 Å². The number of pyridine rings is 1. The molecule has 0 saturated carbocycles. The van der Waals surface area contributed by atoms with E-state index in [2.05, 4.69) is 22.1 Å². The molecule has 5 heteroatoms. The van der Waals surface area contributed by atoms with Crippen LogP contribution >= 0.6 is 0 Å². The highest BCUT2D eigenvalue weighted by Crippen LogP contribution is 2.05. The molecule has 1 aliphatic rings. The Kier molecular flexibility index (Phi) is 6.47. The highest BCUT2D eigenvalue weighted by molar-refractivity contribution is 5.74. The van der Waals surface area contributed by atoms with E-state index in [4.69, 9.17) is 0 Å². The third-order valence-electron chi connectivity index (χ3n) is 3.90. The van der Waals surface area contributed by atoms with Gasteiger partial charge in [0, 0.05) is 45.1 Å². The minimum Gasteiger partial charge on any atom is -0.334 e. The minimum absolute atomic E-state index is 0.0343. The van der Waals surface area contributed by atoms with Gasteiger partial charge in [-0.1, -0.05) is 25.8 Å². The molecule has 1 saturated heterocycles. The molecule has 0 aliphatic carbocycles. The summed E-state index contributed by atoms with van der Waals surface area (Å²) in [7, 11) is 0. The molecule has 5 nitrogen and oxygen atoms in total. The van der Waals surface area contributed by atoms with Crippen molar-refractivity contribution in [3.8, 4) is 0 Å². The molecule has 0 spiro atoms. The topological polar surface area (TPSA) is 48.5 Å². The van der Waals surface area contributed by atoms with Gasteiger partial charge in [-0.2, -0.15) is 0 Å². The number of aromatic nitrogens is 1. The highest BCUT2D eigenvalue weighted by atomic mass is 16.2. The normalized spacial score (nSPS) is 16.0. The number of amides is 2. The lowest BCUT2D eigenvalue weighted by molar-refractivity contribution is 0.138. The first-order valence-electron chi connectivity index (χ1n) is 7.93. The molecule has 1 aromatic heterocycles. The molecule has 2 amide bonds.